The molecule has 0 aliphatic rings. The molecular formula is C32H29BrN4. The lowest BCUT2D eigenvalue weighted by Crippen LogP contribution is -2.04. The largest absolute Gasteiger partial charge is 0.255 e. The van der Waals surface area contributed by atoms with E-state index in [4.69, 9.17) is 4.98 Å². The van der Waals surface area contributed by atoms with E-state index in [1.807, 2.05) is 18.3 Å². The zero-order valence-electron chi connectivity index (χ0n) is 21.6. The summed E-state index contributed by atoms with van der Waals surface area (Å²) >= 11 is 3.85. The van der Waals surface area contributed by atoms with E-state index < -0.39 is 0 Å². The molecular weight excluding hydrogens is 520 g/mol. The summed E-state index contributed by atoms with van der Waals surface area (Å²) in [6.07, 6.45) is 3.41. The summed E-state index contributed by atoms with van der Waals surface area (Å²) in [5.41, 5.74) is 10.2. The van der Waals surface area contributed by atoms with Crippen LogP contribution in [0.4, 0.5) is 0 Å². The Morgan fingerprint density at radius 1 is 0.622 bits per heavy atom. The van der Waals surface area contributed by atoms with Crippen LogP contribution in [0.15, 0.2) is 83.5 Å². The molecule has 184 valence electrons. The van der Waals surface area contributed by atoms with Gasteiger partial charge in [0.15, 0.2) is 5.82 Å². The Hall–Kier alpha value is -3.70. The van der Waals surface area contributed by atoms with Gasteiger partial charge in [0, 0.05) is 34.6 Å². The normalized spacial score (nSPS) is 11.1. The van der Waals surface area contributed by atoms with Crippen molar-refractivity contribution in [2.24, 2.45) is 0 Å². The van der Waals surface area contributed by atoms with Gasteiger partial charge in [0.1, 0.15) is 11.6 Å². The van der Waals surface area contributed by atoms with Crippen LogP contribution in [0.2, 0.25) is 0 Å². The topological polar surface area (TPSA) is 51.6 Å². The molecule has 0 amide bonds. The van der Waals surface area contributed by atoms with E-state index in [-0.39, 0.29) is 0 Å². The number of benzene rings is 3. The summed E-state index contributed by atoms with van der Waals surface area (Å²) < 4.78 is 1.03. The predicted octanol–water partition coefficient (Wildman–Crippen LogP) is 8.44. The molecule has 0 aliphatic carbocycles. The highest BCUT2D eigenvalue weighted by Gasteiger charge is 2.13. The fraction of sp³-hybridized carbons (Fsp3) is 0.188. The first kappa shape index (κ1) is 25.0. The molecule has 0 unspecified atom stereocenters. The molecule has 0 fully saturated rings. The van der Waals surface area contributed by atoms with Crippen molar-refractivity contribution in [3.63, 3.8) is 0 Å². The van der Waals surface area contributed by atoms with Gasteiger partial charge in [0.05, 0.1) is 5.69 Å². The molecule has 3 aromatic carbocycles. The highest BCUT2D eigenvalue weighted by Crippen LogP contribution is 2.38. The molecule has 37 heavy (non-hydrogen) atoms. The van der Waals surface area contributed by atoms with E-state index >= 15 is 0 Å². The number of rotatable bonds is 6. The van der Waals surface area contributed by atoms with Crippen molar-refractivity contribution in [3.8, 4) is 44.9 Å². The predicted molar refractivity (Wildman–Crippen MR) is 155 cm³/mol. The van der Waals surface area contributed by atoms with Crippen molar-refractivity contribution in [3.05, 3.63) is 106 Å². The van der Waals surface area contributed by atoms with Gasteiger partial charge in [-0.1, -0.05) is 95.5 Å². The molecule has 5 heteroatoms. The molecule has 0 radical (unpaired) electrons. The molecule has 0 spiro atoms. The first-order chi connectivity index (χ1) is 17.9. The summed E-state index contributed by atoms with van der Waals surface area (Å²) in [5, 5.41) is 0. The van der Waals surface area contributed by atoms with E-state index in [1.165, 1.54) is 27.8 Å². The summed E-state index contributed by atoms with van der Waals surface area (Å²) in [6.45, 7) is 8.41. The quantitative estimate of drug-likeness (QED) is 0.213. The lowest BCUT2D eigenvalue weighted by atomic mass is 9.92. The standard InChI is InChI=1S/C32H29BrN4/c1-5-30-35-31(6-2)37-32(36-30)23-12-14-29(34-19-23)22-11-13-27(28(33)18-22)26-10-8-7-9-25(26)24-16-20(3)15-21(4)17-24/h7-19H,5-6H2,1-4H3. The second kappa shape index (κ2) is 10.7. The van der Waals surface area contributed by atoms with E-state index in [9.17, 15) is 0 Å². The molecule has 4 nitrogen and oxygen atoms in total. The first-order valence-electron chi connectivity index (χ1n) is 12.6. The summed E-state index contributed by atoms with van der Waals surface area (Å²) in [7, 11) is 0. The first-order valence-corrected chi connectivity index (χ1v) is 13.4. The second-order valence-electron chi connectivity index (χ2n) is 9.25. The number of pyridine rings is 1. The maximum absolute atomic E-state index is 4.74. The fourth-order valence-electron chi connectivity index (χ4n) is 4.60. The van der Waals surface area contributed by atoms with E-state index in [0.717, 1.165) is 51.3 Å². The number of hydrogen-bond acceptors (Lipinski definition) is 4. The molecule has 2 heterocycles. The van der Waals surface area contributed by atoms with Crippen LogP contribution in [0.1, 0.15) is 36.6 Å². The van der Waals surface area contributed by atoms with Crippen LogP contribution in [0.3, 0.4) is 0 Å². The Morgan fingerprint density at radius 3 is 1.86 bits per heavy atom. The molecule has 2 aromatic heterocycles. The highest BCUT2D eigenvalue weighted by molar-refractivity contribution is 9.10. The third kappa shape index (κ3) is 5.37. The monoisotopic (exact) mass is 548 g/mol. The molecule has 5 aromatic rings. The Balaban J connectivity index is 1.48. The molecule has 0 bridgehead atoms. The molecule has 0 saturated heterocycles. The van der Waals surface area contributed by atoms with Crippen molar-refractivity contribution in [1.29, 1.82) is 0 Å². The molecule has 0 aliphatic heterocycles. The maximum atomic E-state index is 4.74. The van der Waals surface area contributed by atoms with Gasteiger partial charge in [-0.15, -0.1) is 0 Å². The van der Waals surface area contributed by atoms with Crippen LogP contribution < -0.4 is 0 Å². The average Bonchev–Trinajstić information content (AvgIpc) is 2.92. The number of halogens is 1. The van der Waals surface area contributed by atoms with E-state index in [0.29, 0.717) is 5.82 Å². The fourth-order valence-corrected chi connectivity index (χ4v) is 5.20. The maximum Gasteiger partial charge on any atom is 0.164 e. The average molecular weight is 550 g/mol. The lowest BCUT2D eigenvalue weighted by Gasteiger charge is -2.14. The van der Waals surface area contributed by atoms with Crippen molar-refractivity contribution in [2.45, 2.75) is 40.5 Å². The SMILES string of the molecule is CCc1nc(CC)nc(-c2ccc(-c3ccc(-c4ccccc4-c4cc(C)cc(C)c4)c(Br)c3)nc2)n1. The van der Waals surface area contributed by atoms with Gasteiger partial charge in [-0.3, -0.25) is 4.98 Å². The van der Waals surface area contributed by atoms with Crippen LogP contribution in [0.5, 0.6) is 0 Å². The summed E-state index contributed by atoms with van der Waals surface area (Å²) in [5.74, 6) is 2.31. The van der Waals surface area contributed by atoms with Gasteiger partial charge in [0.2, 0.25) is 0 Å². The molecule has 0 N–H and O–H groups in total. The van der Waals surface area contributed by atoms with Crippen molar-refractivity contribution < 1.29 is 0 Å². The third-order valence-electron chi connectivity index (χ3n) is 6.40. The molecule has 0 saturated carbocycles. The summed E-state index contributed by atoms with van der Waals surface area (Å²) in [6, 6.07) is 25.8. The number of hydrogen-bond donors (Lipinski definition) is 0. The zero-order valence-corrected chi connectivity index (χ0v) is 23.2. The Kier molecular flexibility index (Phi) is 7.24. The van der Waals surface area contributed by atoms with Gasteiger partial charge >= 0.3 is 0 Å². The van der Waals surface area contributed by atoms with Gasteiger partial charge in [0.25, 0.3) is 0 Å². The van der Waals surface area contributed by atoms with Crippen molar-refractivity contribution in [1.82, 2.24) is 19.9 Å². The third-order valence-corrected chi connectivity index (χ3v) is 7.05. The van der Waals surface area contributed by atoms with E-state index in [2.05, 4.69) is 119 Å². The summed E-state index contributed by atoms with van der Waals surface area (Å²) in [4.78, 5) is 18.4. The number of aromatic nitrogens is 4. The molecule has 0 atom stereocenters. The van der Waals surface area contributed by atoms with Crippen LogP contribution in [0.25, 0.3) is 44.9 Å². The van der Waals surface area contributed by atoms with Gasteiger partial charge in [-0.2, -0.15) is 0 Å². The minimum atomic E-state index is 0.683. The number of nitrogens with zero attached hydrogens (tertiary/aromatic N) is 4. The van der Waals surface area contributed by atoms with Gasteiger partial charge in [-0.25, -0.2) is 15.0 Å². The zero-order chi connectivity index (χ0) is 25.9. The van der Waals surface area contributed by atoms with E-state index in [1.54, 1.807) is 0 Å². The number of aryl methyl sites for hydroxylation is 4. The van der Waals surface area contributed by atoms with Crippen LogP contribution in [-0.2, 0) is 12.8 Å². The van der Waals surface area contributed by atoms with Crippen LogP contribution in [-0.4, -0.2) is 19.9 Å². The Morgan fingerprint density at radius 2 is 1.27 bits per heavy atom. The van der Waals surface area contributed by atoms with Crippen molar-refractivity contribution >= 4 is 15.9 Å². The van der Waals surface area contributed by atoms with Crippen LogP contribution in [0, 0.1) is 13.8 Å². The Labute approximate surface area is 227 Å². The smallest absolute Gasteiger partial charge is 0.164 e. The minimum Gasteiger partial charge on any atom is -0.255 e. The van der Waals surface area contributed by atoms with Gasteiger partial charge in [-0.05, 0) is 54.3 Å². The van der Waals surface area contributed by atoms with Crippen LogP contribution >= 0.6 is 15.9 Å². The second-order valence-corrected chi connectivity index (χ2v) is 10.1. The minimum absolute atomic E-state index is 0.683. The highest BCUT2D eigenvalue weighted by atomic mass is 79.9. The molecule has 5 rings (SSSR count). The Bertz CT molecular complexity index is 1530. The lowest BCUT2D eigenvalue weighted by molar-refractivity contribution is 0.831. The van der Waals surface area contributed by atoms with Gasteiger partial charge < -0.3 is 0 Å². The van der Waals surface area contributed by atoms with Crippen molar-refractivity contribution in [2.75, 3.05) is 0 Å².